The van der Waals surface area contributed by atoms with Gasteiger partial charge in [0.15, 0.2) is 0 Å². The van der Waals surface area contributed by atoms with Crippen molar-refractivity contribution < 1.29 is 4.74 Å². The molecule has 208 valence electrons. The molecule has 0 saturated carbocycles. The number of rotatable bonds is 3. The summed E-state index contributed by atoms with van der Waals surface area (Å²) in [6, 6.07) is 29.6. The van der Waals surface area contributed by atoms with Crippen LogP contribution >= 0.6 is 11.3 Å². The highest BCUT2D eigenvalue weighted by Gasteiger charge is 2.44. The molecule has 1 aliphatic carbocycles. The van der Waals surface area contributed by atoms with Crippen LogP contribution in [-0.2, 0) is 0 Å². The fourth-order valence-corrected chi connectivity index (χ4v) is 11.3. The summed E-state index contributed by atoms with van der Waals surface area (Å²) in [6.45, 7) is 4.82. The first-order chi connectivity index (χ1) is 21.6. The smallest absolute Gasteiger partial charge is 0.137 e. The van der Waals surface area contributed by atoms with Crippen LogP contribution in [0.1, 0.15) is 0 Å². The second kappa shape index (κ2) is 8.50. The maximum Gasteiger partial charge on any atom is 0.137 e. The third-order valence-corrected chi connectivity index (χ3v) is 13.6. The van der Waals surface area contributed by atoms with Gasteiger partial charge in [-0.25, -0.2) is 4.98 Å². The number of fused-ring (bicyclic) bond motifs is 6. The van der Waals surface area contributed by atoms with Crippen LogP contribution in [0.5, 0.6) is 11.5 Å². The molecule has 8 aromatic rings. The van der Waals surface area contributed by atoms with E-state index in [4.69, 9.17) is 19.7 Å². The van der Waals surface area contributed by atoms with E-state index in [2.05, 4.69) is 89.9 Å². The van der Waals surface area contributed by atoms with Gasteiger partial charge in [-0.3, -0.25) is 14.5 Å². The van der Waals surface area contributed by atoms with Gasteiger partial charge in [0, 0.05) is 68.4 Å². The van der Waals surface area contributed by atoms with E-state index >= 15 is 0 Å². The summed E-state index contributed by atoms with van der Waals surface area (Å²) >= 11 is 1.77. The molecule has 0 N–H and O–H groups in total. The molecule has 2 aliphatic rings. The number of hydrogen-bond acceptors (Lipinski definition) is 5. The standard InChI is InChI=1S/C37H24N4OSSi/c1-44(2)31-18-22(16-26-34(31)35-33-27(25-9-7-15-39-36(25)26)20-43-30(33)19-40-37(35)44)42-21-12-13-24-23-8-3-4-10-28(23)41(29(24)17-21)32-11-5-6-14-38-32/h3-20H,1-2H3. The van der Waals surface area contributed by atoms with Crippen molar-refractivity contribution in [2.75, 3.05) is 0 Å². The van der Waals surface area contributed by atoms with Crippen LogP contribution in [0.3, 0.4) is 0 Å². The van der Waals surface area contributed by atoms with Crippen LogP contribution < -0.4 is 15.2 Å². The molecule has 0 unspecified atom stereocenters. The Morgan fingerprint density at radius 3 is 2.48 bits per heavy atom. The van der Waals surface area contributed by atoms with Crippen molar-refractivity contribution in [2.24, 2.45) is 0 Å². The third-order valence-electron chi connectivity index (χ3n) is 9.36. The van der Waals surface area contributed by atoms with Gasteiger partial charge in [-0.2, -0.15) is 0 Å². The van der Waals surface area contributed by atoms with Crippen LogP contribution in [0.4, 0.5) is 0 Å². The Hall–Kier alpha value is -5.11. The fourth-order valence-electron chi connectivity index (χ4n) is 7.42. The average Bonchev–Trinajstić information content (AvgIpc) is 3.67. The van der Waals surface area contributed by atoms with Crippen molar-refractivity contribution in [1.82, 2.24) is 19.5 Å². The van der Waals surface area contributed by atoms with Crippen molar-refractivity contribution in [1.29, 1.82) is 0 Å². The summed E-state index contributed by atoms with van der Waals surface area (Å²) in [5.74, 6) is 2.49. The number of thiophene rings is 1. The minimum Gasteiger partial charge on any atom is -0.457 e. The van der Waals surface area contributed by atoms with Crippen LogP contribution in [0.2, 0.25) is 13.1 Å². The van der Waals surface area contributed by atoms with Crippen LogP contribution in [0.25, 0.3) is 71.2 Å². The summed E-state index contributed by atoms with van der Waals surface area (Å²) in [5, 5.41) is 8.58. The van der Waals surface area contributed by atoms with Gasteiger partial charge < -0.3 is 4.74 Å². The molecular weight excluding hydrogens is 577 g/mol. The third kappa shape index (κ3) is 3.10. The molecule has 5 aromatic heterocycles. The lowest BCUT2D eigenvalue weighted by molar-refractivity contribution is 0.484. The van der Waals surface area contributed by atoms with E-state index in [0.29, 0.717) is 0 Å². The summed E-state index contributed by atoms with van der Waals surface area (Å²) in [4.78, 5) is 14.8. The first kappa shape index (κ1) is 24.3. The molecule has 10 rings (SSSR count). The quantitative estimate of drug-likeness (QED) is 0.191. The van der Waals surface area contributed by atoms with Crippen LogP contribution in [-0.4, -0.2) is 27.6 Å². The highest BCUT2D eigenvalue weighted by molar-refractivity contribution is 7.18. The number of nitrogens with zero attached hydrogens (tertiary/aromatic N) is 4. The minimum atomic E-state index is -2.11. The molecule has 0 saturated heterocycles. The molecule has 3 aromatic carbocycles. The molecule has 44 heavy (non-hydrogen) atoms. The molecule has 7 heteroatoms. The maximum atomic E-state index is 6.80. The van der Waals surface area contributed by atoms with Crippen molar-refractivity contribution >= 4 is 61.8 Å². The summed E-state index contributed by atoms with van der Waals surface area (Å²) in [7, 11) is -2.11. The fraction of sp³-hybridized carbons (Fsp3) is 0.0541. The van der Waals surface area contributed by atoms with E-state index in [0.717, 1.165) is 39.6 Å². The minimum absolute atomic E-state index is 0.786. The molecule has 0 radical (unpaired) electrons. The van der Waals surface area contributed by atoms with E-state index in [1.807, 2.05) is 36.7 Å². The van der Waals surface area contributed by atoms with E-state index in [1.54, 1.807) is 11.3 Å². The maximum absolute atomic E-state index is 6.80. The topological polar surface area (TPSA) is 52.8 Å². The first-order valence-corrected chi connectivity index (χ1v) is 18.6. The average molecular weight is 601 g/mol. The predicted octanol–water partition coefficient (Wildman–Crippen LogP) is 8.43. The zero-order valence-electron chi connectivity index (χ0n) is 24.0. The summed E-state index contributed by atoms with van der Waals surface area (Å²) in [5.41, 5.74) is 9.36. The monoisotopic (exact) mass is 600 g/mol. The Morgan fingerprint density at radius 2 is 1.57 bits per heavy atom. The number of ether oxygens (including phenoxy) is 1. The highest BCUT2D eigenvalue weighted by atomic mass is 32.1. The molecule has 0 fully saturated rings. The molecule has 0 amide bonds. The van der Waals surface area contributed by atoms with Crippen molar-refractivity contribution in [3.63, 3.8) is 0 Å². The zero-order chi connectivity index (χ0) is 29.2. The number of aromatic nitrogens is 4. The second-order valence-corrected chi connectivity index (χ2v) is 17.3. The molecular formula is C37H24N4OSSi. The largest absolute Gasteiger partial charge is 0.457 e. The second-order valence-electron chi connectivity index (χ2n) is 12.1. The normalized spacial score (nSPS) is 13.9. The van der Waals surface area contributed by atoms with Gasteiger partial charge in [0.05, 0.1) is 21.4 Å². The molecule has 6 heterocycles. The lowest BCUT2D eigenvalue weighted by Gasteiger charge is -2.20. The highest BCUT2D eigenvalue weighted by Crippen LogP contribution is 2.51. The Balaban J connectivity index is 1.20. The van der Waals surface area contributed by atoms with Crippen molar-refractivity contribution in [3.05, 3.63) is 109 Å². The van der Waals surface area contributed by atoms with Gasteiger partial charge in [-0.1, -0.05) is 43.4 Å². The Labute approximate surface area is 258 Å². The Bertz CT molecular complexity index is 2510. The van der Waals surface area contributed by atoms with Crippen molar-refractivity contribution in [3.8, 4) is 50.8 Å². The molecule has 0 bridgehead atoms. The number of benzene rings is 3. The van der Waals surface area contributed by atoms with Gasteiger partial charge in [0.25, 0.3) is 0 Å². The SMILES string of the molecule is C[Si]1(C)c2cc(Oc3ccc4c5ccccc5n(-c5ccccn5)c4c3)cc3c2-c2c1ncc1scc(c21)-c1cccnc1-3. The lowest BCUT2D eigenvalue weighted by Crippen LogP contribution is -2.50. The first-order valence-electron chi connectivity index (χ1n) is 14.8. The summed E-state index contributed by atoms with van der Waals surface area (Å²) in [6.07, 6.45) is 5.82. The summed E-state index contributed by atoms with van der Waals surface area (Å²) < 4.78 is 10.2. The van der Waals surface area contributed by atoms with E-state index in [1.165, 1.54) is 53.6 Å². The molecule has 0 spiro atoms. The molecule has 0 atom stereocenters. The molecule has 1 aliphatic heterocycles. The van der Waals surface area contributed by atoms with E-state index in [9.17, 15) is 0 Å². The van der Waals surface area contributed by atoms with Crippen LogP contribution in [0, 0.1) is 0 Å². The van der Waals surface area contributed by atoms with Gasteiger partial charge >= 0.3 is 0 Å². The van der Waals surface area contributed by atoms with Crippen molar-refractivity contribution in [2.45, 2.75) is 13.1 Å². The van der Waals surface area contributed by atoms with Gasteiger partial charge in [0.1, 0.15) is 25.4 Å². The van der Waals surface area contributed by atoms with E-state index in [-0.39, 0.29) is 0 Å². The number of pyridine rings is 3. The number of hydrogen-bond donors (Lipinski definition) is 0. The zero-order valence-corrected chi connectivity index (χ0v) is 25.8. The van der Waals surface area contributed by atoms with Gasteiger partial charge in [-0.05, 0) is 64.7 Å². The van der Waals surface area contributed by atoms with E-state index < -0.39 is 8.07 Å². The van der Waals surface area contributed by atoms with Gasteiger partial charge in [-0.15, -0.1) is 11.3 Å². The predicted molar refractivity (Wildman–Crippen MR) is 183 cm³/mol. The van der Waals surface area contributed by atoms with Gasteiger partial charge in [0.2, 0.25) is 0 Å². The number of para-hydroxylation sites is 1. The Kier molecular flexibility index (Phi) is 4.70. The molecule has 5 nitrogen and oxygen atoms in total. The van der Waals surface area contributed by atoms with Crippen LogP contribution in [0.15, 0.2) is 109 Å². The lowest BCUT2D eigenvalue weighted by atomic mass is 9.98. The Morgan fingerprint density at radius 1 is 0.705 bits per heavy atom.